The Labute approximate surface area is 119 Å². The van der Waals surface area contributed by atoms with E-state index in [4.69, 9.17) is 11.6 Å². The summed E-state index contributed by atoms with van der Waals surface area (Å²) in [4.78, 5) is 0. The molecule has 90 valence electrons. The van der Waals surface area contributed by atoms with Gasteiger partial charge in [-0.3, -0.25) is 0 Å². The molecule has 0 amide bonds. The van der Waals surface area contributed by atoms with Crippen LogP contribution in [-0.2, 0) is 0 Å². The summed E-state index contributed by atoms with van der Waals surface area (Å²) < 4.78 is 0.789. The molecule has 0 aromatic heterocycles. The van der Waals surface area contributed by atoms with Crippen molar-refractivity contribution in [3.05, 3.63) is 63.6 Å². The molecule has 18 heavy (non-hydrogen) atoms. The van der Waals surface area contributed by atoms with E-state index in [0.29, 0.717) is 5.02 Å². The smallest absolute Gasteiger partial charge is 0.140 e. The fourth-order valence-corrected chi connectivity index (χ4v) is 2.10. The Kier molecular flexibility index (Phi) is 4.24. The van der Waals surface area contributed by atoms with Gasteiger partial charge in [-0.15, -0.1) is 0 Å². The first-order chi connectivity index (χ1) is 8.70. The van der Waals surface area contributed by atoms with Crippen LogP contribution in [0.5, 0.6) is 0 Å². The Morgan fingerprint density at radius 1 is 1.17 bits per heavy atom. The Morgan fingerprint density at radius 3 is 2.50 bits per heavy atom. The Hall–Kier alpha value is -1.50. The summed E-state index contributed by atoms with van der Waals surface area (Å²) >= 11 is 9.30. The lowest BCUT2D eigenvalue weighted by Gasteiger charge is -2.13. The van der Waals surface area contributed by atoms with Crippen LogP contribution in [0.1, 0.15) is 11.6 Å². The highest BCUT2D eigenvalue weighted by atomic mass is 79.9. The van der Waals surface area contributed by atoms with Gasteiger partial charge in [0.05, 0.1) is 11.1 Å². The fraction of sp³-hybridized carbons (Fsp3) is 0.0714. The number of para-hydroxylation sites is 1. The van der Waals surface area contributed by atoms with E-state index in [1.165, 1.54) is 0 Å². The number of hydrogen-bond acceptors (Lipinski definition) is 2. The van der Waals surface area contributed by atoms with E-state index in [1.54, 1.807) is 6.07 Å². The molecule has 2 nitrogen and oxygen atoms in total. The van der Waals surface area contributed by atoms with Gasteiger partial charge in [0.15, 0.2) is 0 Å². The number of nitriles is 1. The molecule has 0 fully saturated rings. The van der Waals surface area contributed by atoms with Crippen molar-refractivity contribution in [2.45, 2.75) is 6.04 Å². The molecule has 4 heteroatoms. The van der Waals surface area contributed by atoms with Crippen LogP contribution in [0.2, 0.25) is 5.02 Å². The van der Waals surface area contributed by atoms with Crippen molar-refractivity contribution in [3.63, 3.8) is 0 Å². The predicted molar refractivity (Wildman–Crippen MR) is 77.6 cm³/mol. The van der Waals surface area contributed by atoms with Gasteiger partial charge >= 0.3 is 0 Å². The van der Waals surface area contributed by atoms with Crippen molar-refractivity contribution in [2.75, 3.05) is 5.32 Å². The second kappa shape index (κ2) is 5.90. The van der Waals surface area contributed by atoms with Crippen molar-refractivity contribution in [2.24, 2.45) is 0 Å². The second-order valence-electron chi connectivity index (χ2n) is 3.75. The minimum Gasteiger partial charge on any atom is -0.366 e. The van der Waals surface area contributed by atoms with Gasteiger partial charge in [0.2, 0.25) is 0 Å². The molecule has 1 unspecified atom stereocenters. The van der Waals surface area contributed by atoms with Crippen molar-refractivity contribution >= 4 is 33.2 Å². The average Bonchev–Trinajstić information content (AvgIpc) is 2.40. The summed E-state index contributed by atoms with van der Waals surface area (Å²) in [6, 6.07) is 16.9. The highest BCUT2D eigenvalue weighted by Gasteiger charge is 2.11. The molecule has 0 bridgehead atoms. The average molecular weight is 322 g/mol. The first kappa shape index (κ1) is 12.9. The van der Waals surface area contributed by atoms with Crippen LogP contribution in [0.3, 0.4) is 0 Å². The molecule has 0 heterocycles. The van der Waals surface area contributed by atoms with Gasteiger partial charge in [-0.2, -0.15) is 5.26 Å². The summed E-state index contributed by atoms with van der Waals surface area (Å²) in [6.45, 7) is 0. The van der Waals surface area contributed by atoms with E-state index in [2.05, 4.69) is 27.3 Å². The van der Waals surface area contributed by atoms with Gasteiger partial charge in [0.25, 0.3) is 0 Å². The molecule has 0 spiro atoms. The quantitative estimate of drug-likeness (QED) is 0.883. The van der Waals surface area contributed by atoms with E-state index in [-0.39, 0.29) is 0 Å². The third-order valence-corrected chi connectivity index (χ3v) is 3.70. The maximum Gasteiger partial charge on any atom is 0.140 e. The third-order valence-electron chi connectivity index (χ3n) is 2.49. The lowest BCUT2D eigenvalue weighted by molar-refractivity contribution is 0.996. The zero-order valence-electron chi connectivity index (χ0n) is 9.40. The highest BCUT2D eigenvalue weighted by Crippen LogP contribution is 2.27. The second-order valence-corrected chi connectivity index (χ2v) is 5.01. The highest BCUT2D eigenvalue weighted by molar-refractivity contribution is 9.10. The number of benzene rings is 2. The first-order valence-corrected chi connectivity index (χ1v) is 6.54. The Morgan fingerprint density at radius 2 is 1.89 bits per heavy atom. The number of anilines is 1. The maximum atomic E-state index is 9.24. The number of rotatable bonds is 3. The van der Waals surface area contributed by atoms with E-state index in [1.807, 2.05) is 42.5 Å². The van der Waals surface area contributed by atoms with Crippen molar-refractivity contribution < 1.29 is 0 Å². The van der Waals surface area contributed by atoms with Gasteiger partial charge in [-0.25, -0.2) is 0 Å². The van der Waals surface area contributed by atoms with Crippen LogP contribution in [0.25, 0.3) is 0 Å². The molecule has 2 aromatic carbocycles. The van der Waals surface area contributed by atoms with Gasteiger partial charge in [-0.1, -0.05) is 35.9 Å². The maximum absolute atomic E-state index is 9.24. The summed E-state index contributed by atoms with van der Waals surface area (Å²) in [7, 11) is 0. The third kappa shape index (κ3) is 3.04. The molecule has 1 atom stereocenters. The monoisotopic (exact) mass is 320 g/mol. The summed E-state index contributed by atoms with van der Waals surface area (Å²) in [5, 5.41) is 13.0. The molecule has 0 saturated carbocycles. The van der Waals surface area contributed by atoms with Gasteiger partial charge in [-0.05, 0) is 45.8 Å². The zero-order chi connectivity index (χ0) is 13.0. The number of halogens is 2. The van der Waals surface area contributed by atoms with Crippen LogP contribution in [-0.4, -0.2) is 0 Å². The number of hydrogen-bond donors (Lipinski definition) is 1. The molecule has 0 aliphatic rings. The molecule has 0 saturated heterocycles. The Bertz CT molecular complexity index is 578. The summed E-state index contributed by atoms with van der Waals surface area (Å²) in [5.41, 5.74) is 1.78. The van der Waals surface area contributed by atoms with Crippen LogP contribution < -0.4 is 5.32 Å². The van der Waals surface area contributed by atoms with E-state index in [9.17, 15) is 5.26 Å². The summed E-state index contributed by atoms with van der Waals surface area (Å²) in [5.74, 6) is 0. The molecular formula is C14H10BrClN2. The van der Waals surface area contributed by atoms with Gasteiger partial charge < -0.3 is 5.32 Å². The molecule has 0 aliphatic heterocycles. The molecule has 2 rings (SSSR count). The topological polar surface area (TPSA) is 35.8 Å². The van der Waals surface area contributed by atoms with E-state index >= 15 is 0 Å². The van der Waals surface area contributed by atoms with Crippen molar-refractivity contribution in [1.82, 2.24) is 0 Å². The molecular weight excluding hydrogens is 312 g/mol. The SMILES string of the molecule is N#CC(Nc1ccccc1)c1ccc(Cl)c(Br)c1. The first-order valence-electron chi connectivity index (χ1n) is 5.37. The van der Waals surface area contributed by atoms with E-state index in [0.717, 1.165) is 15.7 Å². The lowest BCUT2D eigenvalue weighted by atomic mass is 10.1. The minimum absolute atomic E-state index is 0.402. The van der Waals surface area contributed by atoms with Gasteiger partial charge in [0.1, 0.15) is 6.04 Å². The number of nitrogens with one attached hydrogen (secondary N) is 1. The number of nitrogens with zero attached hydrogens (tertiary/aromatic N) is 1. The molecule has 0 radical (unpaired) electrons. The summed E-state index contributed by atoms with van der Waals surface area (Å²) in [6.07, 6.45) is 0. The van der Waals surface area contributed by atoms with Gasteiger partial charge in [0, 0.05) is 10.2 Å². The van der Waals surface area contributed by atoms with E-state index < -0.39 is 6.04 Å². The van der Waals surface area contributed by atoms with Crippen LogP contribution in [0.15, 0.2) is 53.0 Å². The zero-order valence-corrected chi connectivity index (χ0v) is 11.7. The van der Waals surface area contributed by atoms with Crippen LogP contribution in [0, 0.1) is 11.3 Å². The van der Waals surface area contributed by atoms with Crippen LogP contribution >= 0.6 is 27.5 Å². The fourth-order valence-electron chi connectivity index (χ4n) is 1.58. The van der Waals surface area contributed by atoms with Crippen molar-refractivity contribution in [1.29, 1.82) is 5.26 Å². The van der Waals surface area contributed by atoms with Crippen molar-refractivity contribution in [3.8, 4) is 6.07 Å². The molecule has 1 N–H and O–H groups in total. The standard InChI is InChI=1S/C14H10BrClN2/c15-12-8-10(6-7-13(12)16)14(9-17)18-11-4-2-1-3-5-11/h1-8,14,18H. The minimum atomic E-state index is -0.402. The largest absolute Gasteiger partial charge is 0.366 e. The lowest BCUT2D eigenvalue weighted by Crippen LogP contribution is -2.08. The predicted octanol–water partition coefficient (Wildman–Crippen LogP) is 4.78. The normalized spacial score (nSPS) is 11.6. The molecule has 2 aromatic rings. The molecule has 0 aliphatic carbocycles. The van der Waals surface area contributed by atoms with Crippen LogP contribution in [0.4, 0.5) is 5.69 Å². The Balaban J connectivity index is 2.24.